The van der Waals surface area contributed by atoms with E-state index in [4.69, 9.17) is 4.42 Å². The minimum atomic E-state index is -0.117. The van der Waals surface area contributed by atoms with Crippen LogP contribution in [-0.4, -0.2) is 5.91 Å². The summed E-state index contributed by atoms with van der Waals surface area (Å²) in [5.74, 6) is 0.543. The zero-order valence-electron chi connectivity index (χ0n) is 9.96. The summed E-state index contributed by atoms with van der Waals surface area (Å²) in [6, 6.07) is 5.55. The maximum Gasteiger partial charge on any atom is 0.256 e. The van der Waals surface area contributed by atoms with Crippen LogP contribution in [0.15, 0.2) is 37.8 Å². The van der Waals surface area contributed by atoms with Crippen LogP contribution in [0.2, 0.25) is 0 Å². The van der Waals surface area contributed by atoms with Gasteiger partial charge in [-0.1, -0.05) is 15.9 Å². The second kappa shape index (κ2) is 4.65. The Morgan fingerprint density at radius 2 is 2.11 bits per heavy atom. The van der Waals surface area contributed by atoms with Gasteiger partial charge in [0.15, 0.2) is 0 Å². The summed E-state index contributed by atoms with van der Waals surface area (Å²) >= 11 is 6.98. The van der Waals surface area contributed by atoms with Crippen LogP contribution in [-0.2, 0) is 4.79 Å². The van der Waals surface area contributed by atoms with Crippen molar-refractivity contribution in [1.29, 1.82) is 0 Å². The Hall–Kier alpha value is -1.33. The molecule has 0 fully saturated rings. The molecule has 2 aromatic rings. The fraction of sp³-hybridized carbons (Fsp3) is 0.0714. The van der Waals surface area contributed by atoms with Gasteiger partial charge >= 0.3 is 0 Å². The molecule has 1 aromatic carbocycles. The monoisotopic (exact) mass is 381 g/mol. The van der Waals surface area contributed by atoms with Crippen molar-refractivity contribution in [3.63, 3.8) is 0 Å². The largest absolute Gasteiger partial charge is 0.465 e. The first-order valence-corrected chi connectivity index (χ1v) is 7.22. The van der Waals surface area contributed by atoms with E-state index in [1.54, 1.807) is 18.4 Å². The first kappa shape index (κ1) is 12.7. The highest BCUT2D eigenvalue weighted by Crippen LogP contribution is 2.43. The highest BCUT2D eigenvalue weighted by molar-refractivity contribution is 9.11. The summed E-state index contributed by atoms with van der Waals surface area (Å²) < 4.78 is 7.10. The normalized spacial score (nSPS) is 15.7. The van der Waals surface area contributed by atoms with E-state index >= 15 is 0 Å². The highest BCUT2D eigenvalue weighted by Gasteiger charge is 2.29. The molecule has 1 aliphatic rings. The summed E-state index contributed by atoms with van der Waals surface area (Å²) in [7, 11) is 0. The number of amides is 1. The molecule has 1 aliphatic heterocycles. The molecule has 3 nitrogen and oxygen atoms in total. The van der Waals surface area contributed by atoms with Crippen molar-refractivity contribution in [3.05, 3.63) is 50.3 Å². The molecule has 2 heterocycles. The van der Waals surface area contributed by atoms with Gasteiger partial charge in [0.2, 0.25) is 0 Å². The van der Waals surface area contributed by atoms with Gasteiger partial charge in [-0.05, 0) is 52.7 Å². The maximum atomic E-state index is 12.1. The summed E-state index contributed by atoms with van der Waals surface area (Å²) in [4.78, 5) is 12.1. The number of hydrogen-bond acceptors (Lipinski definition) is 2. The second-order valence-corrected chi connectivity index (χ2v) is 5.95. The third-order valence-electron chi connectivity index (χ3n) is 3.06. The van der Waals surface area contributed by atoms with Crippen LogP contribution < -0.4 is 5.32 Å². The first-order chi connectivity index (χ1) is 9.08. The molecule has 1 amide bonds. The Bertz CT molecular complexity index is 703. The number of carbonyl (C=O) groups is 1. The van der Waals surface area contributed by atoms with Crippen LogP contribution >= 0.6 is 31.9 Å². The molecule has 96 valence electrons. The van der Waals surface area contributed by atoms with Crippen LogP contribution in [0.4, 0.5) is 5.69 Å². The van der Waals surface area contributed by atoms with E-state index in [0.29, 0.717) is 11.3 Å². The standard InChI is InChI=1S/C14H9Br2NO2/c1-7-10(15)6-11(16)13-12(7)9(14(18)17-13)5-8-3-2-4-19-8/h2-6H,1H3,(H,17,18). The lowest BCUT2D eigenvalue weighted by molar-refractivity contribution is -0.110. The molecule has 19 heavy (non-hydrogen) atoms. The van der Waals surface area contributed by atoms with E-state index in [1.807, 2.05) is 19.1 Å². The van der Waals surface area contributed by atoms with Gasteiger partial charge in [-0.2, -0.15) is 0 Å². The minimum Gasteiger partial charge on any atom is -0.465 e. The molecule has 1 aromatic heterocycles. The molecular formula is C14H9Br2NO2. The number of fused-ring (bicyclic) bond motifs is 1. The Morgan fingerprint density at radius 3 is 2.79 bits per heavy atom. The van der Waals surface area contributed by atoms with Crippen LogP contribution in [0.3, 0.4) is 0 Å². The van der Waals surface area contributed by atoms with Crippen molar-refractivity contribution < 1.29 is 9.21 Å². The van der Waals surface area contributed by atoms with E-state index in [2.05, 4.69) is 37.2 Å². The van der Waals surface area contributed by atoms with Crippen molar-refractivity contribution in [2.75, 3.05) is 5.32 Å². The van der Waals surface area contributed by atoms with Crippen LogP contribution in [0.5, 0.6) is 0 Å². The fourth-order valence-electron chi connectivity index (χ4n) is 2.12. The molecule has 5 heteroatoms. The third-order valence-corrected chi connectivity index (χ3v) is 4.51. The Labute approximate surface area is 126 Å². The molecule has 0 unspecified atom stereocenters. The van der Waals surface area contributed by atoms with Crippen molar-refractivity contribution in [3.8, 4) is 0 Å². The fourth-order valence-corrected chi connectivity index (χ4v) is 3.39. The number of halogens is 2. The van der Waals surface area contributed by atoms with Gasteiger partial charge in [-0.25, -0.2) is 0 Å². The molecule has 1 N–H and O–H groups in total. The number of hydrogen-bond donors (Lipinski definition) is 1. The van der Waals surface area contributed by atoms with Gasteiger partial charge in [0, 0.05) is 14.5 Å². The quantitative estimate of drug-likeness (QED) is 0.732. The SMILES string of the molecule is Cc1c(Br)cc(Br)c2c1C(=Cc1ccco1)C(=O)N2. The molecule has 0 radical (unpaired) electrons. The minimum absolute atomic E-state index is 0.117. The van der Waals surface area contributed by atoms with Crippen molar-refractivity contribution >= 4 is 55.1 Å². The molecule has 0 bridgehead atoms. The molecular weight excluding hydrogens is 374 g/mol. The summed E-state index contributed by atoms with van der Waals surface area (Å²) in [6.45, 7) is 1.98. The average molecular weight is 383 g/mol. The molecule has 0 atom stereocenters. The predicted molar refractivity (Wildman–Crippen MR) is 81.8 cm³/mol. The predicted octanol–water partition coefficient (Wildman–Crippen LogP) is 4.61. The second-order valence-electron chi connectivity index (χ2n) is 4.24. The number of carbonyl (C=O) groups excluding carboxylic acids is 1. The summed E-state index contributed by atoms with van der Waals surface area (Å²) in [6.07, 6.45) is 3.34. The van der Waals surface area contributed by atoms with Gasteiger partial charge in [0.1, 0.15) is 5.76 Å². The summed E-state index contributed by atoms with van der Waals surface area (Å²) in [5.41, 5.74) is 3.35. The maximum absolute atomic E-state index is 12.1. The van der Waals surface area contributed by atoms with E-state index in [9.17, 15) is 4.79 Å². The molecule has 3 rings (SSSR count). The topological polar surface area (TPSA) is 42.2 Å². The number of furan rings is 1. The molecule has 0 saturated heterocycles. The number of rotatable bonds is 1. The van der Waals surface area contributed by atoms with Crippen molar-refractivity contribution in [2.45, 2.75) is 6.92 Å². The van der Waals surface area contributed by atoms with Gasteiger partial charge in [-0.3, -0.25) is 4.79 Å². The van der Waals surface area contributed by atoms with E-state index in [1.165, 1.54) is 0 Å². The lowest BCUT2D eigenvalue weighted by atomic mass is 10.0. The zero-order chi connectivity index (χ0) is 13.6. The van der Waals surface area contributed by atoms with Crippen molar-refractivity contribution in [1.82, 2.24) is 0 Å². The molecule has 0 spiro atoms. The highest BCUT2D eigenvalue weighted by atomic mass is 79.9. The van der Waals surface area contributed by atoms with Gasteiger partial charge in [0.05, 0.1) is 17.5 Å². The third kappa shape index (κ3) is 2.07. The van der Waals surface area contributed by atoms with Crippen molar-refractivity contribution in [2.24, 2.45) is 0 Å². The molecule has 0 aliphatic carbocycles. The Balaban J connectivity index is 2.25. The first-order valence-electron chi connectivity index (χ1n) is 5.63. The average Bonchev–Trinajstić information content (AvgIpc) is 2.97. The van der Waals surface area contributed by atoms with E-state index in [-0.39, 0.29) is 5.91 Å². The van der Waals surface area contributed by atoms with E-state index in [0.717, 1.165) is 25.8 Å². The van der Waals surface area contributed by atoms with Crippen LogP contribution in [0, 0.1) is 6.92 Å². The Kier molecular flexibility index (Phi) is 3.11. The molecule has 0 saturated carbocycles. The number of anilines is 1. The smallest absolute Gasteiger partial charge is 0.256 e. The van der Waals surface area contributed by atoms with Gasteiger partial charge in [0.25, 0.3) is 5.91 Å². The van der Waals surface area contributed by atoms with Gasteiger partial charge < -0.3 is 9.73 Å². The number of benzene rings is 1. The van der Waals surface area contributed by atoms with Crippen LogP contribution in [0.25, 0.3) is 11.6 Å². The lowest BCUT2D eigenvalue weighted by Crippen LogP contribution is -2.03. The Morgan fingerprint density at radius 1 is 1.32 bits per heavy atom. The van der Waals surface area contributed by atoms with E-state index < -0.39 is 0 Å². The summed E-state index contributed by atoms with van der Waals surface area (Å²) in [5, 5.41) is 2.88. The lowest BCUT2D eigenvalue weighted by Gasteiger charge is -2.08. The van der Waals surface area contributed by atoms with Gasteiger partial charge in [-0.15, -0.1) is 0 Å². The number of nitrogens with one attached hydrogen (secondary N) is 1. The van der Waals surface area contributed by atoms with Crippen LogP contribution in [0.1, 0.15) is 16.9 Å². The zero-order valence-corrected chi connectivity index (χ0v) is 13.1.